The van der Waals surface area contributed by atoms with Gasteiger partial charge in [0.25, 0.3) is 0 Å². The lowest BCUT2D eigenvalue weighted by molar-refractivity contribution is 0.959. The number of hydrogen-bond donors (Lipinski definition) is 3. The maximum atomic E-state index is 4.55. The molecule has 1 fully saturated rings. The molecule has 1 aliphatic heterocycles. The van der Waals surface area contributed by atoms with Crippen molar-refractivity contribution in [1.82, 2.24) is 19.9 Å². The monoisotopic (exact) mass is 345 g/mol. The number of nitrogens with zero attached hydrogens (tertiary/aromatic N) is 4. The molecule has 7 heteroatoms. The molecule has 0 saturated heterocycles. The van der Waals surface area contributed by atoms with E-state index in [1.165, 1.54) is 18.4 Å². The van der Waals surface area contributed by atoms with Gasteiger partial charge in [0, 0.05) is 30.5 Å². The molecule has 7 nitrogen and oxygen atoms in total. The molecule has 0 atom stereocenters. The summed E-state index contributed by atoms with van der Waals surface area (Å²) in [5.41, 5.74) is 3.56. The van der Waals surface area contributed by atoms with Crippen molar-refractivity contribution in [3.05, 3.63) is 54.1 Å². The molecule has 2 aliphatic rings. The largest absolute Gasteiger partial charge is 0.360 e. The fourth-order valence-electron chi connectivity index (χ4n) is 3.22. The third-order valence-electron chi connectivity index (χ3n) is 4.76. The average Bonchev–Trinajstić information content (AvgIpc) is 3.21. The number of aliphatic imine (C=N–C) groups is 1. The Balaban J connectivity index is 1.27. The van der Waals surface area contributed by atoms with Crippen molar-refractivity contribution < 1.29 is 0 Å². The number of rotatable bonds is 5. The van der Waals surface area contributed by atoms with Gasteiger partial charge in [-0.15, -0.1) is 0 Å². The van der Waals surface area contributed by atoms with E-state index in [0.717, 1.165) is 40.6 Å². The Morgan fingerprint density at radius 2 is 2.15 bits per heavy atom. The molecule has 4 heterocycles. The van der Waals surface area contributed by atoms with Crippen LogP contribution in [0.3, 0.4) is 0 Å². The summed E-state index contributed by atoms with van der Waals surface area (Å²) in [6.45, 7) is 1.43. The second-order valence-electron chi connectivity index (χ2n) is 6.68. The van der Waals surface area contributed by atoms with Crippen LogP contribution < -0.4 is 10.6 Å². The molecule has 130 valence electrons. The number of pyridine rings is 1. The predicted molar refractivity (Wildman–Crippen MR) is 102 cm³/mol. The summed E-state index contributed by atoms with van der Waals surface area (Å²) in [5.74, 6) is 2.96. The molecule has 3 N–H and O–H groups in total. The normalized spacial score (nSPS) is 16.5. The van der Waals surface area contributed by atoms with Crippen LogP contribution in [-0.2, 0) is 6.54 Å². The number of anilines is 2. The zero-order valence-electron chi connectivity index (χ0n) is 14.2. The van der Waals surface area contributed by atoms with Gasteiger partial charge < -0.3 is 15.6 Å². The minimum Gasteiger partial charge on any atom is -0.360 e. The summed E-state index contributed by atoms with van der Waals surface area (Å²) < 4.78 is 0. The van der Waals surface area contributed by atoms with Crippen LogP contribution in [0.1, 0.15) is 18.4 Å². The van der Waals surface area contributed by atoms with Crippen LogP contribution >= 0.6 is 0 Å². The number of H-pyrrole nitrogens is 1. The van der Waals surface area contributed by atoms with Gasteiger partial charge in [-0.05, 0) is 48.1 Å². The first-order valence-electron chi connectivity index (χ1n) is 8.84. The van der Waals surface area contributed by atoms with Crippen molar-refractivity contribution in [2.75, 3.05) is 17.2 Å². The summed E-state index contributed by atoms with van der Waals surface area (Å²) in [7, 11) is 0. The second-order valence-corrected chi connectivity index (χ2v) is 6.68. The number of hydrogen-bond acceptors (Lipinski definition) is 6. The van der Waals surface area contributed by atoms with Gasteiger partial charge in [-0.2, -0.15) is 4.98 Å². The Kier molecular flexibility index (Phi) is 3.62. The van der Waals surface area contributed by atoms with Crippen molar-refractivity contribution in [2.45, 2.75) is 19.4 Å². The van der Waals surface area contributed by atoms with E-state index in [4.69, 9.17) is 0 Å². The van der Waals surface area contributed by atoms with Crippen LogP contribution in [0.25, 0.3) is 10.9 Å². The quantitative estimate of drug-likeness (QED) is 0.661. The lowest BCUT2D eigenvalue weighted by Gasteiger charge is -2.08. The molecular weight excluding hydrogens is 326 g/mol. The molecule has 0 amide bonds. The highest BCUT2D eigenvalue weighted by atomic mass is 15.2. The highest BCUT2D eigenvalue weighted by molar-refractivity contribution is 6.05. The van der Waals surface area contributed by atoms with E-state index in [1.54, 1.807) is 6.20 Å². The van der Waals surface area contributed by atoms with Crippen molar-refractivity contribution >= 4 is 28.5 Å². The molecular formula is C19H19N7. The van der Waals surface area contributed by atoms with Crippen molar-refractivity contribution in [1.29, 1.82) is 0 Å². The fraction of sp³-hybridized carbons (Fsp3) is 0.263. The van der Waals surface area contributed by atoms with E-state index in [9.17, 15) is 0 Å². The Morgan fingerprint density at radius 1 is 1.19 bits per heavy atom. The lowest BCUT2D eigenvalue weighted by atomic mass is 10.2. The van der Waals surface area contributed by atoms with Gasteiger partial charge in [-0.1, -0.05) is 0 Å². The Bertz CT molecular complexity index is 1010. The molecule has 5 rings (SSSR count). The number of amidine groups is 1. The zero-order valence-corrected chi connectivity index (χ0v) is 14.2. The molecule has 0 aromatic carbocycles. The molecule has 26 heavy (non-hydrogen) atoms. The molecule has 3 aromatic heterocycles. The lowest BCUT2D eigenvalue weighted by Crippen LogP contribution is -2.11. The SMILES string of the molecule is C1=C(C2CC2)CN=C1Nc1ccnc(NCc2cncc3[nH]ccc23)n1. The first kappa shape index (κ1) is 15.1. The van der Waals surface area contributed by atoms with E-state index in [1.807, 2.05) is 24.7 Å². The molecule has 3 aromatic rings. The predicted octanol–water partition coefficient (Wildman–Crippen LogP) is 3.13. The summed E-state index contributed by atoms with van der Waals surface area (Å²) in [4.78, 5) is 20.8. The van der Waals surface area contributed by atoms with E-state index in [2.05, 4.69) is 47.7 Å². The molecule has 0 bridgehead atoms. The van der Waals surface area contributed by atoms with E-state index < -0.39 is 0 Å². The van der Waals surface area contributed by atoms with Crippen LogP contribution in [0.2, 0.25) is 0 Å². The van der Waals surface area contributed by atoms with Gasteiger partial charge >= 0.3 is 0 Å². The van der Waals surface area contributed by atoms with Gasteiger partial charge in [-0.25, -0.2) is 4.98 Å². The smallest absolute Gasteiger partial charge is 0.224 e. The summed E-state index contributed by atoms with van der Waals surface area (Å²) in [6, 6.07) is 3.90. The standard InChI is InChI=1S/C19H19N7/c1-2-12(1)13-7-18(23-9-13)25-17-4-6-22-19(26-17)24-10-14-8-20-11-16-15(14)3-5-21-16/h3-8,11-12,21H,1-2,9-10H2,(H2,22,23,24,25,26). The number of aromatic nitrogens is 4. The topological polar surface area (TPSA) is 90.9 Å². The van der Waals surface area contributed by atoms with Crippen LogP contribution in [0.5, 0.6) is 0 Å². The van der Waals surface area contributed by atoms with E-state index >= 15 is 0 Å². The van der Waals surface area contributed by atoms with Gasteiger partial charge in [0.05, 0.1) is 18.3 Å². The van der Waals surface area contributed by atoms with Gasteiger partial charge in [0.1, 0.15) is 11.7 Å². The first-order chi connectivity index (χ1) is 12.8. The summed E-state index contributed by atoms with van der Waals surface area (Å²) in [5, 5.41) is 7.71. The van der Waals surface area contributed by atoms with Crippen LogP contribution in [0.15, 0.2) is 53.6 Å². The van der Waals surface area contributed by atoms with Crippen LogP contribution in [0, 0.1) is 5.92 Å². The molecule has 1 aliphatic carbocycles. The minimum absolute atomic E-state index is 0.576. The van der Waals surface area contributed by atoms with Crippen molar-refractivity contribution in [3.63, 3.8) is 0 Å². The van der Waals surface area contributed by atoms with Gasteiger partial charge in [0.15, 0.2) is 0 Å². The second kappa shape index (κ2) is 6.25. The molecule has 1 saturated carbocycles. The highest BCUT2D eigenvalue weighted by Crippen LogP contribution is 2.37. The highest BCUT2D eigenvalue weighted by Gasteiger charge is 2.27. The first-order valence-corrected chi connectivity index (χ1v) is 8.84. The van der Waals surface area contributed by atoms with Crippen LogP contribution in [-0.4, -0.2) is 32.3 Å². The van der Waals surface area contributed by atoms with Crippen molar-refractivity contribution in [3.8, 4) is 0 Å². The maximum absolute atomic E-state index is 4.55. The average molecular weight is 345 g/mol. The fourth-order valence-corrected chi connectivity index (χ4v) is 3.22. The Hall–Kier alpha value is -3.22. The third kappa shape index (κ3) is 3.03. The maximum Gasteiger partial charge on any atom is 0.224 e. The summed E-state index contributed by atoms with van der Waals surface area (Å²) in [6.07, 6.45) is 12.1. The van der Waals surface area contributed by atoms with E-state index in [-0.39, 0.29) is 0 Å². The van der Waals surface area contributed by atoms with Gasteiger partial charge in [-0.3, -0.25) is 9.98 Å². The minimum atomic E-state index is 0.576. The number of nitrogens with one attached hydrogen (secondary N) is 3. The Morgan fingerprint density at radius 3 is 3.08 bits per heavy atom. The number of fused-ring (bicyclic) bond motifs is 1. The third-order valence-corrected chi connectivity index (χ3v) is 4.76. The zero-order chi connectivity index (χ0) is 17.3. The molecule has 0 spiro atoms. The van der Waals surface area contributed by atoms with Crippen LogP contribution in [0.4, 0.5) is 11.8 Å². The number of aromatic amines is 1. The molecule has 0 radical (unpaired) electrons. The van der Waals surface area contributed by atoms with Gasteiger partial charge in [0.2, 0.25) is 5.95 Å². The van der Waals surface area contributed by atoms with Crippen molar-refractivity contribution in [2.24, 2.45) is 10.9 Å². The molecule has 0 unspecified atom stereocenters. The summed E-state index contributed by atoms with van der Waals surface area (Å²) >= 11 is 0. The van der Waals surface area contributed by atoms with E-state index in [0.29, 0.717) is 12.5 Å². The Labute approximate surface area is 150 Å².